The average molecular weight is 417 g/mol. The average Bonchev–Trinajstić information content (AvgIpc) is 3.30. The van der Waals surface area contributed by atoms with Crippen LogP contribution in [0.25, 0.3) is 27.5 Å². The van der Waals surface area contributed by atoms with Gasteiger partial charge in [0, 0.05) is 23.9 Å². The number of aryl methyl sites for hydroxylation is 1. The topological polar surface area (TPSA) is 81.7 Å². The Morgan fingerprint density at radius 2 is 2.07 bits per heavy atom. The summed E-state index contributed by atoms with van der Waals surface area (Å²) in [5, 5.41) is 8.98. The number of aromatic nitrogens is 4. The number of fused-ring (bicyclic) bond motifs is 3. The summed E-state index contributed by atoms with van der Waals surface area (Å²) in [5.74, 6) is 1.16. The summed E-state index contributed by atoms with van der Waals surface area (Å²) in [6.07, 6.45) is 2.78. The molecule has 0 aliphatic heterocycles. The highest BCUT2D eigenvalue weighted by molar-refractivity contribution is 7.18. The van der Waals surface area contributed by atoms with Gasteiger partial charge in [0.1, 0.15) is 5.82 Å². The highest BCUT2D eigenvalue weighted by Gasteiger charge is 2.33. The molecule has 4 aromatic rings. The molecule has 1 aliphatic carbocycles. The Morgan fingerprint density at radius 1 is 1.23 bits per heavy atom. The third-order valence-corrected chi connectivity index (χ3v) is 6.52. The van der Waals surface area contributed by atoms with Gasteiger partial charge < -0.3 is 11.1 Å². The molecule has 5 rings (SSSR count). The third-order valence-electron chi connectivity index (χ3n) is 5.58. The molecule has 1 aliphatic rings. The number of hydrogen-bond acceptors (Lipinski definition) is 6. The van der Waals surface area contributed by atoms with Gasteiger partial charge in [-0.3, -0.25) is 0 Å². The van der Waals surface area contributed by atoms with Crippen molar-refractivity contribution in [3.8, 4) is 27.5 Å². The van der Waals surface area contributed by atoms with Gasteiger partial charge in [-0.1, -0.05) is 36.5 Å². The maximum Gasteiger partial charge on any atom is 0.180 e. The molecule has 6 nitrogen and oxygen atoms in total. The van der Waals surface area contributed by atoms with E-state index < -0.39 is 0 Å². The fourth-order valence-corrected chi connectivity index (χ4v) is 5.11. The first-order chi connectivity index (χ1) is 14.6. The number of nitrogen functional groups attached to an aromatic ring is 1. The summed E-state index contributed by atoms with van der Waals surface area (Å²) in [6, 6.07) is 12.4. The minimum absolute atomic E-state index is 0.287. The predicted octanol–water partition coefficient (Wildman–Crippen LogP) is 5.04. The summed E-state index contributed by atoms with van der Waals surface area (Å²) in [6.45, 7) is 7.27. The Morgan fingerprint density at radius 3 is 2.80 bits per heavy atom. The van der Waals surface area contributed by atoms with E-state index in [-0.39, 0.29) is 5.92 Å². The number of pyridine rings is 1. The van der Waals surface area contributed by atoms with Crippen LogP contribution in [0.15, 0.2) is 42.6 Å². The van der Waals surface area contributed by atoms with Crippen LogP contribution in [0, 0.1) is 6.92 Å². The number of thiazole rings is 1. The molecule has 7 heteroatoms. The van der Waals surface area contributed by atoms with Crippen molar-refractivity contribution in [2.75, 3.05) is 17.6 Å². The van der Waals surface area contributed by atoms with Crippen molar-refractivity contribution in [1.29, 1.82) is 0 Å². The standard InChI is InChI=1S/C23H24N6S/c1-4-25-18-10-9-15(12-26-18)20-19-14(3)11-16-22(30-23(24)27-16)21(19)29(28-20)17-8-6-5-7-13(17)2/h5-10,12,14H,4,11H2,1-3H3,(H2,24,27)(H,25,26). The Bertz CT molecular complexity index is 1220. The first-order valence-corrected chi connectivity index (χ1v) is 11.0. The molecule has 30 heavy (non-hydrogen) atoms. The van der Waals surface area contributed by atoms with E-state index in [1.807, 2.05) is 12.3 Å². The van der Waals surface area contributed by atoms with E-state index in [4.69, 9.17) is 10.8 Å². The summed E-state index contributed by atoms with van der Waals surface area (Å²) < 4.78 is 2.07. The SMILES string of the molecule is CCNc1ccc(-c2nn(-c3ccccc3C)c3c2C(C)Cc2nc(N)sc2-3)cn1. The molecule has 152 valence electrons. The number of nitrogens with zero attached hydrogens (tertiary/aromatic N) is 4. The monoisotopic (exact) mass is 416 g/mol. The molecule has 0 spiro atoms. The zero-order chi connectivity index (χ0) is 20.8. The van der Waals surface area contributed by atoms with Crippen LogP contribution in [0.2, 0.25) is 0 Å². The van der Waals surface area contributed by atoms with Crippen molar-refractivity contribution >= 4 is 22.3 Å². The largest absolute Gasteiger partial charge is 0.375 e. The number of anilines is 2. The molecule has 1 atom stereocenters. The maximum atomic E-state index is 6.10. The van der Waals surface area contributed by atoms with E-state index in [1.54, 1.807) is 11.3 Å². The fourth-order valence-electron chi connectivity index (χ4n) is 4.21. The van der Waals surface area contributed by atoms with Gasteiger partial charge in [0.05, 0.1) is 27.6 Å². The molecule has 3 heterocycles. The second-order valence-electron chi connectivity index (χ2n) is 7.70. The van der Waals surface area contributed by atoms with Crippen molar-refractivity contribution < 1.29 is 0 Å². The van der Waals surface area contributed by atoms with Gasteiger partial charge >= 0.3 is 0 Å². The van der Waals surface area contributed by atoms with Crippen LogP contribution in [-0.2, 0) is 6.42 Å². The normalized spacial score (nSPS) is 15.0. The first kappa shape index (κ1) is 18.8. The lowest BCUT2D eigenvalue weighted by molar-refractivity contribution is 0.735. The minimum Gasteiger partial charge on any atom is -0.375 e. The number of nitrogens with one attached hydrogen (secondary N) is 1. The van der Waals surface area contributed by atoms with Gasteiger partial charge in [-0.15, -0.1) is 0 Å². The van der Waals surface area contributed by atoms with E-state index in [0.717, 1.165) is 52.0 Å². The van der Waals surface area contributed by atoms with Crippen molar-refractivity contribution in [3.05, 3.63) is 59.4 Å². The highest BCUT2D eigenvalue weighted by Crippen LogP contribution is 2.47. The molecule has 0 saturated heterocycles. The van der Waals surface area contributed by atoms with E-state index >= 15 is 0 Å². The number of nitrogens with two attached hydrogens (primary N) is 1. The van der Waals surface area contributed by atoms with Crippen LogP contribution in [0.4, 0.5) is 10.9 Å². The van der Waals surface area contributed by atoms with Gasteiger partial charge in [0.2, 0.25) is 0 Å². The van der Waals surface area contributed by atoms with E-state index in [1.165, 1.54) is 11.1 Å². The molecule has 3 N–H and O–H groups in total. The summed E-state index contributed by atoms with van der Waals surface area (Å²) >= 11 is 1.55. The van der Waals surface area contributed by atoms with Crippen LogP contribution in [-0.4, -0.2) is 26.3 Å². The minimum atomic E-state index is 0.287. The second-order valence-corrected chi connectivity index (χ2v) is 8.74. The predicted molar refractivity (Wildman–Crippen MR) is 123 cm³/mol. The van der Waals surface area contributed by atoms with Gasteiger partial charge in [-0.2, -0.15) is 5.10 Å². The maximum absolute atomic E-state index is 6.10. The fraction of sp³-hybridized carbons (Fsp3) is 0.261. The quantitative estimate of drug-likeness (QED) is 0.487. The van der Waals surface area contributed by atoms with E-state index in [9.17, 15) is 0 Å². The Kier molecular flexibility index (Phi) is 4.55. The lowest BCUT2D eigenvalue weighted by atomic mass is 9.86. The third kappa shape index (κ3) is 2.97. The van der Waals surface area contributed by atoms with E-state index in [0.29, 0.717) is 5.13 Å². The van der Waals surface area contributed by atoms with Crippen molar-refractivity contribution in [2.24, 2.45) is 0 Å². The van der Waals surface area contributed by atoms with Crippen LogP contribution < -0.4 is 11.1 Å². The molecule has 1 aromatic carbocycles. The molecule has 3 aromatic heterocycles. The van der Waals surface area contributed by atoms with Crippen LogP contribution in [0.5, 0.6) is 0 Å². The highest BCUT2D eigenvalue weighted by atomic mass is 32.1. The van der Waals surface area contributed by atoms with Gasteiger partial charge in [0.15, 0.2) is 5.13 Å². The molecule has 0 amide bonds. The zero-order valence-electron chi connectivity index (χ0n) is 17.3. The smallest absolute Gasteiger partial charge is 0.180 e. The summed E-state index contributed by atoms with van der Waals surface area (Å²) in [7, 11) is 0. The lowest BCUT2D eigenvalue weighted by Gasteiger charge is -2.20. The van der Waals surface area contributed by atoms with Crippen LogP contribution in [0.1, 0.15) is 36.6 Å². The molecule has 0 saturated carbocycles. The lowest BCUT2D eigenvalue weighted by Crippen LogP contribution is -2.10. The molecular formula is C23H24N6S. The number of rotatable bonds is 4. The zero-order valence-corrected chi connectivity index (χ0v) is 18.1. The summed E-state index contributed by atoms with van der Waals surface area (Å²) in [4.78, 5) is 10.3. The molecular weight excluding hydrogens is 392 g/mol. The molecule has 0 radical (unpaired) electrons. The van der Waals surface area contributed by atoms with Crippen molar-refractivity contribution in [1.82, 2.24) is 19.7 Å². The Labute approximate surface area is 179 Å². The van der Waals surface area contributed by atoms with Gasteiger partial charge in [-0.05, 0) is 49.9 Å². The Hall–Kier alpha value is -3.19. The first-order valence-electron chi connectivity index (χ1n) is 10.2. The van der Waals surface area contributed by atoms with Gasteiger partial charge in [-0.25, -0.2) is 14.6 Å². The number of para-hydroxylation sites is 1. The van der Waals surface area contributed by atoms with Gasteiger partial charge in [0.25, 0.3) is 0 Å². The van der Waals surface area contributed by atoms with Crippen molar-refractivity contribution in [2.45, 2.75) is 33.1 Å². The van der Waals surface area contributed by atoms with E-state index in [2.05, 4.69) is 71.1 Å². The molecule has 1 unspecified atom stereocenters. The second kappa shape index (κ2) is 7.25. The van der Waals surface area contributed by atoms with Crippen LogP contribution in [0.3, 0.4) is 0 Å². The molecule has 0 fully saturated rings. The number of benzene rings is 1. The van der Waals surface area contributed by atoms with Crippen molar-refractivity contribution in [3.63, 3.8) is 0 Å². The number of hydrogen-bond donors (Lipinski definition) is 2. The van der Waals surface area contributed by atoms with Crippen LogP contribution >= 0.6 is 11.3 Å². The molecule has 0 bridgehead atoms. The summed E-state index contributed by atoms with van der Waals surface area (Å²) in [5.41, 5.74) is 13.8. The Balaban J connectivity index is 1.77.